The van der Waals surface area contributed by atoms with E-state index in [0.717, 1.165) is 17.6 Å². The molecule has 3 heterocycles. The first-order chi connectivity index (χ1) is 21.5. The van der Waals surface area contributed by atoms with Gasteiger partial charge in [-0.2, -0.15) is 5.10 Å². The second kappa shape index (κ2) is 11.1. The quantitative estimate of drug-likeness (QED) is 0.196. The molecule has 0 radical (unpaired) electrons. The number of nitrogens with two attached hydrogens (primary N) is 1. The summed E-state index contributed by atoms with van der Waals surface area (Å²) in [5.74, 6) is 1.56. The first-order valence-corrected chi connectivity index (χ1v) is 14.1. The van der Waals surface area contributed by atoms with Gasteiger partial charge in [0.05, 0.1) is 11.3 Å². The van der Waals surface area contributed by atoms with Crippen LogP contribution in [0.25, 0.3) is 27.9 Å². The molecule has 1 aliphatic rings. The summed E-state index contributed by atoms with van der Waals surface area (Å²) in [6, 6.07) is 30.0. The lowest BCUT2D eigenvalue weighted by Gasteiger charge is -2.31. The number of ether oxygens (including phenoxy) is 2. The largest absolute Gasteiger partial charge is 0.459 e. The molecule has 8 nitrogen and oxygen atoms in total. The van der Waals surface area contributed by atoms with Crippen molar-refractivity contribution in [1.29, 1.82) is 0 Å². The van der Waals surface area contributed by atoms with Crippen LogP contribution in [-0.4, -0.2) is 26.0 Å². The van der Waals surface area contributed by atoms with E-state index in [4.69, 9.17) is 20.3 Å². The third-order valence-electron chi connectivity index (χ3n) is 7.69. The average Bonchev–Trinajstić information content (AvgIpc) is 3.45. The maximum atomic E-state index is 14.5. The zero-order valence-electron chi connectivity index (χ0n) is 23.6. The van der Waals surface area contributed by atoms with Crippen LogP contribution in [-0.2, 0) is 4.79 Å². The Morgan fingerprint density at radius 2 is 1.66 bits per heavy atom. The number of hydrogen-bond donors (Lipinski definition) is 1. The van der Waals surface area contributed by atoms with Gasteiger partial charge in [0.25, 0.3) is 0 Å². The molecule has 4 aromatic carbocycles. The number of carbonyl (C=O) groups excluding carboxylic acids is 1. The van der Waals surface area contributed by atoms with Gasteiger partial charge in [-0.15, -0.1) is 0 Å². The van der Waals surface area contributed by atoms with Crippen molar-refractivity contribution in [3.63, 3.8) is 0 Å². The van der Waals surface area contributed by atoms with Gasteiger partial charge in [-0.1, -0.05) is 48.5 Å². The Balaban J connectivity index is 1.36. The molecule has 7 rings (SSSR count). The molecule has 6 aromatic rings. The normalized spacial score (nSPS) is 15.0. The van der Waals surface area contributed by atoms with Crippen LogP contribution in [0.2, 0.25) is 0 Å². The van der Waals surface area contributed by atoms with E-state index in [1.54, 1.807) is 16.8 Å². The Bertz CT molecular complexity index is 2040. The fraction of sp³-hybridized carbons (Fsp3) is 0.0857. The minimum Gasteiger partial charge on any atom is -0.459 e. The number of fused-ring (bicyclic) bond motifs is 2. The van der Waals surface area contributed by atoms with Crippen LogP contribution in [0.1, 0.15) is 30.0 Å². The predicted molar refractivity (Wildman–Crippen MR) is 166 cm³/mol. The van der Waals surface area contributed by atoms with Crippen molar-refractivity contribution in [3.8, 4) is 28.5 Å². The molecule has 216 valence electrons. The number of aldehydes is 1. The van der Waals surface area contributed by atoms with Crippen molar-refractivity contribution >= 4 is 28.7 Å². The van der Waals surface area contributed by atoms with E-state index in [0.29, 0.717) is 50.7 Å². The number of carbonyl (C=O) groups is 1. The van der Waals surface area contributed by atoms with Crippen LogP contribution < -0.4 is 15.2 Å². The van der Waals surface area contributed by atoms with Crippen molar-refractivity contribution in [2.24, 2.45) is 0 Å². The number of halogens is 1. The molecular weight excluding hydrogens is 557 g/mol. The van der Waals surface area contributed by atoms with Crippen molar-refractivity contribution in [2.45, 2.75) is 18.9 Å². The zero-order chi connectivity index (χ0) is 30.2. The Hall–Kier alpha value is -5.83. The summed E-state index contributed by atoms with van der Waals surface area (Å²) in [7, 11) is 0. The van der Waals surface area contributed by atoms with Gasteiger partial charge >= 0.3 is 0 Å². The summed E-state index contributed by atoms with van der Waals surface area (Å²) in [5.41, 5.74) is 10.0. The second-order valence-electron chi connectivity index (χ2n) is 10.4. The fourth-order valence-electron chi connectivity index (χ4n) is 5.63. The minimum atomic E-state index is -0.683. The molecular formula is C35H26FN5O3. The van der Waals surface area contributed by atoms with Crippen LogP contribution >= 0.6 is 0 Å². The van der Waals surface area contributed by atoms with Crippen LogP contribution in [0.4, 0.5) is 10.2 Å². The molecule has 2 N–H and O–H groups in total. The summed E-state index contributed by atoms with van der Waals surface area (Å²) in [5, 5.41) is 5.55. The van der Waals surface area contributed by atoms with Crippen LogP contribution in [0.3, 0.4) is 0 Å². The van der Waals surface area contributed by atoms with Gasteiger partial charge in [-0.25, -0.2) is 19.0 Å². The highest BCUT2D eigenvalue weighted by Gasteiger charge is 2.35. The van der Waals surface area contributed by atoms with E-state index in [1.807, 2.05) is 85.8 Å². The lowest BCUT2D eigenvalue weighted by molar-refractivity contribution is -0.108. The summed E-state index contributed by atoms with van der Waals surface area (Å²) < 4.78 is 28.7. The third kappa shape index (κ3) is 4.74. The molecule has 0 aliphatic carbocycles. The van der Waals surface area contributed by atoms with Gasteiger partial charge in [-0.3, -0.25) is 0 Å². The fourth-order valence-corrected chi connectivity index (χ4v) is 5.63. The van der Waals surface area contributed by atoms with E-state index in [1.165, 1.54) is 18.5 Å². The van der Waals surface area contributed by atoms with E-state index < -0.39 is 17.8 Å². The molecule has 2 aromatic heterocycles. The highest BCUT2D eigenvalue weighted by atomic mass is 19.1. The summed E-state index contributed by atoms with van der Waals surface area (Å²) in [4.78, 5) is 21.4. The molecule has 0 saturated heterocycles. The van der Waals surface area contributed by atoms with Gasteiger partial charge < -0.3 is 20.0 Å². The molecule has 0 saturated carbocycles. The van der Waals surface area contributed by atoms with Gasteiger partial charge in [0.15, 0.2) is 5.65 Å². The maximum Gasteiger partial charge on any atom is 0.164 e. The summed E-state index contributed by atoms with van der Waals surface area (Å²) in [6.45, 7) is 1.90. The molecule has 2 atom stereocenters. The standard InChI is InChI=1S/C35H26FN5O3/c1-21(33-30(23-8-7-9-24(36)18-23)28(19-42)27-12-5-6-13-29(27)44-33)41-35-31(34(37)38-20-39-35)32(40-41)22-14-16-26(17-15-22)43-25-10-3-2-4-11-25/h2-21,28H,1H3,(H2,37,38,39). The van der Waals surface area contributed by atoms with E-state index in [9.17, 15) is 9.18 Å². The monoisotopic (exact) mass is 583 g/mol. The number of anilines is 1. The Labute approximate surface area is 252 Å². The molecule has 1 aliphatic heterocycles. The number of allylic oxidation sites excluding steroid dienone is 2. The summed E-state index contributed by atoms with van der Waals surface area (Å²) in [6.07, 6.45) is 2.25. The van der Waals surface area contributed by atoms with Crippen molar-refractivity contribution < 1.29 is 18.7 Å². The number of aromatic nitrogens is 4. The Kier molecular flexibility index (Phi) is 6.82. The van der Waals surface area contributed by atoms with E-state index in [-0.39, 0.29) is 5.82 Å². The number of hydrogen-bond acceptors (Lipinski definition) is 7. The van der Waals surface area contributed by atoms with Crippen molar-refractivity contribution in [2.75, 3.05) is 5.73 Å². The molecule has 44 heavy (non-hydrogen) atoms. The Morgan fingerprint density at radius 1 is 0.909 bits per heavy atom. The second-order valence-corrected chi connectivity index (χ2v) is 10.4. The van der Waals surface area contributed by atoms with Gasteiger partial charge in [-0.05, 0) is 67.1 Å². The molecule has 9 heteroatoms. The summed E-state index contributed by atoms with van der Waals surface area (Å²) >= 11 is 0. The van der Waals surface area contributed by atoms with Gasteiger partial charge in [0, 0.05) is 16.7 Å². The van der Waals surface area contributed by atoms with Gasteiger partial charge in [0.1, 0.15) is 59.0 Å². The minimum absolute atomic E-state index is 0.271. The van der Waals surface area contributed by atoms with Crippen molar-refractivity contribution in [3.05, 3.63) is 132 Å². The molecule has 2 unspecified atom stereocenters. The number of rotatable bonds is 7. The number of para-hydroxylation sites is 2. The topological polar surface area (TPSA) is 105 Å². The Morgan fingerprint density at radius 3 is 2.43 bits per heavy atom. The maximum absolute atomic E-state index is 14.5. The molecule has 0 spiro atoms. The number of nitrogen functional groups attached to an aromatic ring is 1. The average molecular weight is 584 g/mol. The van der Waals surface area contributed by atoms with Crippen molar-refractivity contribution in [1.82, 2.24) is 19.7 Å². The first-order valence-electron chi connectivity index (χ1n) is 14.1. The van der Waals surface area contributed by atoms with Crippen LogP contribution in [0, 0.1) is 5.82 Å². The van der Waals surface area contributed by atoms with E-state index >= 15 is 0 Å². The van der Waals surface area contributed by atoms with Gasteiger partial charge in [0.2, 0.25) is 0 Å². The highest BCUT2D eigenvalue weighted by molar-refractivity contribution is 5.98. The predicted octanol–water partition coefficient (Wildman–Crippen LogP) is 7.35. The SMILES string of the molecule is CC(C1=C(c2cccc(F)c2)C(C=O)c2ccccc2O1)n1nc(-c2ccc(Oc3ccccc3)cc2)c2c(N)ncnc21. The number of benzene rings is 4. The smallest absolute Gasteiger partial charge is 0.164 e. The lowest BCUT2D eigenvalue weighted by Crippen LogP contribution is -2.23. The molecule has 0 amide bonds. The number of nitrogens with zero attached hydrogens (tertiary/aromatic N) is 4. The first kappa shape index (κ1) is 27.0. The highest BCUT2D eigenvalue weighted by Crippen LogP contribution is 2.46. The van der Waals surface area contributed by atoms with Crippen LogP contribution in [0.5, 0.6) is 17.2 Å². The molecule has 0 bridgehead atoms. The van der Waals surface area contributed by atoms with Crippen LogP contribution in [0.15, 0.2) is 115 Å². The zero-order valence-corrected chi connectivity index (χ0v) is 23.6. The third-order valence-corrected chi connectivity index (χ3v) is 7.69. The van der Waals surface area contributed by atoms with E-state index in [2.05, 4.69) is 9.97 Å². The molecule has 0 fully saturated rings. The lowest BCUT2D eigenvalue weighted by atomic mass is 9.83.